The van der Waals surface area contributed by atoms with Crippen molar-refractivity contribution in [2.75, 3.05) is 20.1 Å². The third-order valence-electron chi connectivity index (χ3n) is 0.859. The molecule has 0 aromatic rings. The summed E-state index contributed by atoms with van der Waals surface area (Å²) in [5.74, 6) is 0. The molecule has 11 heavy (non-hydrogen) atoms. The molecule has 0 aliphatic rings. The van der Waals surface area contributed by atoms with Gasteiger partial charge >= 0.3 is 7.60 Å². The predicted molar refractivity (Wildman–Crippen MR) is 53.8 cm³/mol. The monoisotopic (exact) mass is 312 g/mol. The highest BCUT2D eigenvalue weighted by atomic mass is 127. The SMILES string of the molecule is CCOP(=O)(COSI)OC. The average Bonchev–Trinajstić information content (AvgIpc) is 2.02. The molecule has 68 valence electrons. The Morgan fingerprint density at radius 1 is 1.64 bits per heavy atom. The van der Waals surface area contributed by atoms with Crippen molar-refractivity contribution >= 4 is 38.0 Å². The normalized spacial score (nSPS) is 16.3. The fourth-order valence-electron chi connectivity index (χ4n) is 0.424. The largest absolute Gasteiger partial charge is 0.357 e. The Balaban J connectivity index is 3.79. The first-order valence-corrected chi connectivity index (χ1v) is 7.89. The average molecular weight is 312 g/mol. The maximum absolute atomic E-state index is 11.4. The first-order valence-electron chi connectivity index (χ1n) is 2.88. The molecule has 0 spiro atoms. The molecule has 0 rings (SSSR count). The van der Waals surface area contributed by atoms with E-state index in [9.17, 15) is 4.57 Å². The molecular weight excluding hydrogens is 302 g/mol. The summed E-state index contributed by atoms with van der Waals surface area (Å²) in [7, 11) is -0.512. The van der Waals surface area contributed by atoms with E-state index in [2.05, 4.69) is 4.52 Å². The lowest BCUT2D eigenvalue weighted by Gasteiger charge is -2.13. The summed E-state index contributed by atoms with van der Waals surface area (Å²) in [4.78, 5) is 0. The van der Waals surface area contributed by atoms with Crippen molar-refractivity contribution in [1.82, 2.24) is 0 Å². The number of rotatable bonds is 6. The molecular formula is C4H10IO4PS. The Kier molecular flexibility index (Phi) is 7.40. The first-order chi connectivity index (χ1) is 5.18. The molecule has 0 aliphatic heterocycles. The van der Waals surface area contributed by atoms with Gasteiger partial charge < -0.3 is 9.05 Å². The zero-order valence-corrected chi connectivity index (χ0v) is 10.1. The molecule has 0 radical (unpaired) electrons. The number of hydrogen-bond donors (Lipinski definition) is 0. The van der Waals surface area contributed by atoms with Gasteiger partial charge in [0.15, 0.2) is 6.35 Å². The van der Waals surface area contributed by atoms with Crippen molar-refractivity contribution in [3.05, 3.63) is 0 Å². The second kappa shape index (κ2) is 6.68. The summed E-state index contributed by atoms with van der Waals surface area (Å²) in [6.07, 6.45) is -0.00898. The van der Waals surface area contributed by atoms with Crippen LogP contribution in [0.5, 0.6) is 0 Å². The minimum absolute atomic E-state index is 0.00898. The summed E-state index contributed by atoms with van der Waals surface area (Å²) in [6.45, 7) is 2.11. The van der Waals surface area contributed by atoms with Gasteiger partial charge in [0.1, 0.15) is 0 Å². The smallest absolute Gasteiger partial charge is 0.310 e. The van der Waals surface area contributed by atoms with Gasteiger partial charge in [-0.3, -0.25) is 8.75 Å². The lowest BCUT2D eigenvalue weighted by atomic mass is 10.9. The van der Waals surface area contributed by atoms with Gasteiger partial charge in [0, 0.05) is 28.3 Å². The van der Waals surface area contributed by atoms with Crippen LogP contribution >= 0.6 is 38.0 Å². The molecule has 0 heterocycles. The first kappa shape index (κ1) is 12.2. The van der Waals surface area contributed by atoms with E-state index in [1.165, 1.54) is 7.11 Å². The molecule has 7 heteroatoms. The van der Waals surface area contributed by atoms with Crippen molar-refractivity contribution in [2.45, 2.75) is 6.92 Å². The van der Waals surface area contributed by atoms with E-state index in [0.717, 1.165) is 9.21 Å². The molecule has 0 amide bonds. The minimum atomic E-state index is -2.96. The van der Waals surface area contributed by atoms with E-state index in [0.29, 0.717) is 6.61 Å². The van der Waals surface area contributed by atoms with Gasteiger partial charge in [0.2, 0.25) is 0 Å². The highest BCUT2D eigenvalue weighted by Gasteiger charge is 2.22. The summed E-state index contributed by atoms with van der Waals surface area (Å²) in [6, 6.07) is 0. The fraction of sp³-hybridized carbons (Fsp3) is 1.00. The minimum Gasteiger partial charge on any atom is -0.310 e. The molecule has 0 aromatic heterocycles. The van der Waals surface area contributed by atoms with Gasteiger partial charge in [0.25, 0.3) is 0 Å². The standard InChI is InChI=1S/C4H10IO4PS/c1-3-8-10(6,7-2)4-9-11-5/h3-4H2,1-2H3. The van der Waals surface area contributed by atoms with Gasteiger partial charge in [-0.2, -0.15) is 0 Å². The predicted octanol–water partition coefficient (Wildman–Crippen LogP) is 2.83. The highest BCUT2D eigenvalue weighted by Crippen LogP contribution is 2.48. The van der Waals surface area contributed by atoms with E-state index >= 15 is 0 Å². The molecule has 0 saturated heterocycles. The van der Waals surface area contributed by atoms with Crippen molar-refractivity contribution in [3.63, 3.8) is 0 Å². The van der Waals surface area contributed by atoms with Gasteiger partial charge in [-0.05, 0) is 6.92 Å². The Morgan fingerprint density at radius 3 is 2.64 bits per heavy atom. The molecule has 4 nitrogen and oxygen atoms in total. The third-order valence-corrected chi connectivity index (χ3v) is 3.66. The van der Waals surface area contributed by atoms with E-state index in [-0.39, 0.29) is 6.35 Å². The van der Waals surface area contributed by atoms with Crippen molar-refractivity contribution in [2.24, 2.45) is 0 Å². The van der Waals surface area contributed by atoms with E-state index in [4.69, 9.17) is 8.71 Å². The molecule has 0 fully saturated rings. The van der Waals surface area contributed by atoms with Crippen LogP contribution in [0, 0.1) is 0 Å². The molecule has 0 aliphatic carbocycles. The maximum atomic E-state index is 11.4. The van der Waals surface area contributed by atoms with Gasteiger partial charge in [-0.1, -0.05) is 0 Å². The number of hydrogen-bond acceptors (Lipinski definition) is 5. The van der Waals surface area contributed by atoms with Crippen LogP contribution in [-0.4, -0.2) is 20.1 Å². The zero-order chi connectivity index (χ0) is 8.74. The Morgan fingerprint density at radius 2 is 2.27 bits per heavy atom. The topological polar surface area (TPSA) is 44.8 Å². The van der Waals surface area contributed by atoms with Crippen LogP contribution in [-0.2, 0) is 17.8 Å². The molecule has 0 aromatic carbocycles. The van der Waals surface area contributed by atoms with E-state index in [1.54, 1.807) is 6.92 Å². The van der Waals surface area contributed by atoms with Gasteiger partial charge in [0.05, 0.1) is 15.8 Å². The molecule has 0 bridgehead atoms. The van der Waals surface area contributed by atoms with Gasteiger partial charge in [-0.25, -0.2) is 0 Å². The zero-order valence-electron chi connectivity index (χ0n) is 6.28. The van der Waals surface area contributed by atoms with Crippen molar-refractivity contribution in [1.29, 1.82) is 0 Å². The van der Waals surface area contributed by atoms with Crippen molar-refractivity contribution in [3.8, 4) is 0 Å². The summed E-state index contributed by atoms with van der Waals surface area (Å²) in [5, 5.41) is 0. The lowest BCUT2D eigenvalue weighted by molar-refractivity contribution is 0.224. The molecule has 1 atom stereocenters. The van der Waals surface area contributed by atoms with Crippen LogP contribution < -0.4 is 0 Å². The Labute approximate surface area is 82.7 Å². The molecule has 1 unspecified atom stereocenters. The quantitative estimate of drug-likeness (QED) is 0.429. The summed E-state index contributed by atoms with van der Waals surface area (Å²) < 4.78 is 25.7. The lowest BCUT2D eigenvalue weighted by Crippen LogP contribution is -1.97. The molecule has 0 N–H and O–H groups in total. The van der Waals surface area contributed by atoms with Crippen LogP contribution in [0.3, 0.4) is 0 Å². The van der Waals surface area contributed by atoms with Crippen LogP contribution in [0.1, 0.15) is 6.92 Å². The molecule has 0 saturated carbocycles. The maximum Gasteiger partial charge on any atom is 0.357 e. The van der Waals surface area contributed by atoms with Crippen LogP contribution in [0.15, 0.2) is 0 Å². The second-order valence-corrected chi connectivity index (χ2v) is 5.06. The van der Waals surface area contributed by atoms with Gasteiger partial charge in [-0.15, -0.1) is 0 Å². The van der Waals surface area contributed by atoms with Crippen molar-refractivity contribution < 1.29 is 17.8 Å². The Bertz CT molecular complexity index is 144. The van der Waals surface area contributed by atoms with E-state index in [1.807, 2.05) is 21.2 Å². The fourth-order valence-corrected chi connectivity index (χ4v) is 2.80. The summed E-state index contributed by atoms with van der Waals surface area (Å²) in [5.41, 5.74) is 0. The van der Waals surface area contributed by atoms with Crippen LogP contribution in [0.4, 0.5) is 0 Å². The number of halogens is 1. The Hall–Kier alpha value is 1.19. The second-order valence-electron chi connectivity index (χ2n) is 1.52. The van der Waals surface area contributed by atoms with Crippen LogP contribution in [0.25, 0.3) is 0 Å². The highest BCUT2D eigenvalue weighted by molar-refractivity contribution is 14.2. The van der Waals surface area contributed by atoms with Crippen LogP contribution in [0.2, 0.25) is 0 Å². The van der Waals surface area contributed by atoms with E-state index < -0.39 is 7.60 Å². The third kappa shape index (κ3) is 5.43. The summed E-state index contributed by atoms with van der Waals surface area (Å²) >= 11 is 1.93.